The van der Waals surface area contributed by atoms with Crippen molar-refractivity contribution in [2.75, 3.05) is 0 Å². The van der Waals surface area contributed by atoms with E-state index in [0.717, 1.165) is 0 Å². The molecule has 0 heterocycles. The minimum Gasteiger partial charge on any atom is -2.00 e. The van der Waals surface area contributed by atoms with Crippen LogP contribution in [-0.4, -0.2) is 0 Å². The third-order valence-electron chi connectivity index (χ3n) is 0. The molecule has 0 aliphatic rings. The molecular formula is Cu2Nd2O5. The summed E-state index contributed by atoms with van der Waals surface area (Å²) in [5.74, 6) is 0. The van der Waals surface area contributed by atoms with E-state index in [1.807, 2.05) is 0 Å². The number of rotatable bonds is 0. The molecule has 60 valence electrons. The molecule has 0 aromatic rings. The Balaban J connectivity index is 0. The second-order valence-corrected chi connectivity index (χ2v) is 0. The third-order valence-corrected chi connectivity index (χ3v) is 0. The minimum atomic E-state index is 0. The maximum atomic E-state index is 0. The van der Waals surface area contributed by atoms with Crippen molar-refractivity contribution in [2.24, 2.45) is 0 Å². The molecule has 0 rings (SSSR count). The third kappa shape index (κ3) is 83.8. The predicted molar refractivity (Wildman–Crippen MR) is 3.43 cm³/mol. The van der Waals surface area contributed by atoms with Crippen LogP contribution in [0, 0.1) is 81.7 Å². The standard InChI is InChI=1S/2Cu.2Nd.5O/q2*+2;2*+3;5*-2. The average Bonchev–Trinajstić information content (AvgIpc) is 0. The van der Waals surface area contributed by atoms with Gasteiger partial charge in [-0.15, -0.1) is 0 Å². The first-order valence-electron chi connectivity index (χ1n) is 0. The predicted octanol–water partition coefficient (Wildman–Crippen LogP) is -0.599. The molecule has 0 spiro atoms. The van der Waals surface area contributed by atoms with Crippen LogP contribution in [0.3, 0.4) is 0 Å². The fourth-order valence-corrected chi connectivity index (χ4v) is 0. The summed E-state index contributed by atoms with van der Waals surface area (Å²) in [7, 11) is 0. The molecule has 9 heavy (non-hydrogen) atoms. The van der Waals surface area contributed by atoms with E-state index in [0.29, 0.717) is 0 Å². The summed E-state index contributed by atoms with van der Waals surface area (Å²) in [6.07, 6.45) is 0. The van der Waals surface area contributed by atoms with Gasteiger partial charge in [0.2, 0.25) is 0 Å². The van der Waals surface area contributed by atoms with Gasteiger partial charge in [-0.25, -0.2) is 0 Å². The zero-order valence-corrected chi connectivity index (χ0v) is 11.9. The van der Waals surface area contributed by atoms with E-state index in [2.05, 4.69) is 0 Å². The Morgan fingerprint density at radius 2 is 0.333 bits per heavy atom. The van der Waals surface area contributed by atoms with Gasteiger partial charge in [0.15, 0.2) is 0 Å². The van der Waals surface area contributed by atoms with E-state index in [1.165, 1.54) is 0 Å². The van der Waals surface area contributed by atoms with Gasteiger partial charge in [0.1, 0.15) is 0 Å². The molecule has 4 radical (unpaired) electrons. The zero-order valence-electron chi connectivity index (χ0n) is 3.64. The van der Waals surface area contributed by atoms with Crippen LogP contribution < -0.4 is 0 Å². The smallest absolute Gasteiger partial charge is 2.00 e. The van der Waals surface area contributed by atoms with Gasteiger partial charge in [-0.3, -0.25) is 0 Å². The van der Waals surface area contributed by atoms with E-state index in [1.54, 1.807) is 0 Å². The second-order valence-electron chi connectivity index (χ2n) is 0. The van der Waals surface area contributed by atoms with Gasteiger partial charge in [-0.1, -0.05) is 0 Å². The fourth-order valence-electron chi connectivity index (χ4n) is 0. The SMILES string of the molecule is [Cu+2].[Cu+2].[Nd+3].[Nd+3].[O-2].[O-2].[O-2].[O-2].[O-2]. The largest absolute Gasteiger partial charge is 3.00 e. The van der Waals surface area contributed by atoms with Crippen LogP contribution >= 0.6 is 0 Å². The molecule has 0 saturated carbocycles. The van der Waals surface area contributed by atoms with Crippen molar-refractivity contribution in [1.82, 2.24) is 0 Å². The van der Waals surface area contributed by atoms with Crippen molar-refractivity contribution in [3.05, 3.63) is 0 Å². The Labute approximate surface area is 140 Å². The zero-order chi connectivity index (χ0) is 0. The Morgan fingerprint density at radius 1 is 0.333 bits per heavy atom. The van der Waals surface area contributed by atoms with Crippen molar-refractivity contribution < 1.29 is 143 Å². The van der Waals surface area contributed by atoms with Crippen molar-refractivity contribution >= 4 is 0 Å². The maximum Gasteiger partial charge on any atom is 3.00 e. The number of hydrogen-bond donors (Lipinski definition) is 0. The van der Waals surface area contributed by atoms with Gasteiger partial charge in [0.25, 0.3) is 0 Å². The van der Waals surface area contributed by atoms with Crippen molar-refractivity contribution in [1.29, 1.82) is 0 Å². The van der Waals surface area contributed by atoms with Crippen LogP contribution in [0.1, 0.15) is 0 Å². The summed E-state index contributed by atoms with van der Waals surface area (Å²) in [6.45, 7) is 0. The summed E-state index contributed by atoms with van der Waals surface area (Å²) in [6, 6.07) is 0. The summed E-state index contributed by atoms with van der Waals surface area (Å²) in [4.78, 5) is 0. The summed E-state index contributed by atoms with van der Waals surface area (Å²) in [5.41, 5.74) is 0. The Morgan fingerprint density at radius 3 is 0.333 bits per heavy atom. The van der Waals surface area contributed by atoms with Crippen molar-refractivity contribution in [3.63, 3.8) is 0 Å². The van der Waals surface area contributed by atoms with E-state index >= 15 is 0 Å². The Kier molecular flexibility index (Phi) is 1510. The first-order chi connectivity index (χ1) is 0. The van der Waals surface area contributed by atoms with Gasteiger partial charge in [0.05, 0.1) is 0 Å². The number of hydrogen-bond acceptors (Lipinski definition) is 0. The van der Waals surface area contributed by atoms with Crippen LogP contribution in [0.5, 0.6) is 0 Å². The topological polar surface area (TPSA) is 142 Å². The minimum absolute atomic E-state index is 0. The van der Waals surface area contributed by atoms with E-state index in [-0.39, 0.29) is 143 Å². The summed E-state index contributed by atoms with van der Waals surface area (Å²) in [5, 5.41) is 0. The molecule has 0 aliphatic heterocycles. The van der Waals surface area contributed by atoms with Crippen LogP contribution in [0.2, 0.25) is 0 Å². The van der Waals surface area contributed by atoms with Crippen LogP contribution in [0.25, 0.3) is 0 Å². The molecule has 0 N–H and O–H groups in total. The maximum absolute atomic E-state index is 0. The second kappa shape index (κ2) is 102. The molecule has 0 atom stereocenters. The quantitative estimate of drug-likeness (QED) is 0.396. The van der Waals surface area contributed by atoms with Gasteiger partial charge < -0.3 is 27.4 Å². The van der Waals surface area contributed by atoms with Gasteiger partial charge in [-0.2, -0.15) is 0 Å². The van der Waals surface area contributed by atoms with E-state index < -0.39 is 0 Å². The molecule has 0 saturated heterocycles. The normalized spacial score (nSPS) is 0. The fraction of sp³-hybridized carbons (Fsp3) is 0. The molecule has 0 aliphatic carbocycles. The van der Waals surface area contributed by atoms with Gasteiger partial charge in [-0.05, 0) is 0 Å². The molecular weight excluding hydrogens is 496 g/mol. The Bertz CT molecular complexity index is 12.9. The molecule has 5 nitrogen and oxygen atoms in total. The molecule has 0 aromatic heterocycles. The van der Waals surface area contributed by atoms with Gasteiger partial charge >= 0.3 is 116 Å². The first-order valence-corrected chi connectivity index (χ1v) is 0. The Hall–Kier alpha value is 3.54. The molecule has 0 amide bonds. The molecule has 9 heteroatoms. The molecule has 0 aromatic carbocycles. The molecule has 0 fully saturated rings. The monoisotopic (exact) mass is 490 g/mol. The van der Waals surface area contributed by atoms with Gasteiger partial charge in [0, 0.05) is 0 Å². The molecule has 0 bridgehead atoms. The van der Waals surface area contributed by atoms with Crippen LogP contribution in [-0.2, 0) is 61.5 Å². The van der Waals surface area contributed by atoms with E-state index in [9.17, 15) is 0 Å². The van der Waals surface area contributed by atoms with Crippen molar-refractivity contribution in [2.45, 2.75) is 0 Å². The summed E-state index contributed by atoms with van der Waals surface area (Å²) < 4.78 is 0. The van der Waals surface area contributed by atoms with Crippen LogP contribution in [0.15, 0.2) is 0 Å². The van der Waals surface area contributed by atoms with E-state index in [4.69, 9.17) is 0 Å². The van der Waals surface area contributed by atoms with Crippen molar-refractivity contribution in [3.8, 4) is 0 Å². The molecule has 0 unspecified atom stereocenters. The average molecular weight is 496 g/mol. The van der Waals surface area contributed by atoms with Crippen LogP contribution in [0.4, 0.5) is 0 Å². The first kappa shape index (κ1) is 133. The summed E-state index contributed by atoms with van der Waals surface area (Å²) >= 11 is 0.